The molecule has 2 aromatic carbocycles. The fourth-order valence-electron chi connectivity index (χ4n) is 3.36. The Hall–Kier alpha value is -1.64. The first-order valence-corrected chi connectivity index (χ1v) is 9.77. The van der Waals surface area contributed by atoms with E-state index in [1.54, 1.807) is 0 Å². The predicted octanol–water partition coefficient (Wildman–Crippen LogP) is 3.06. The van der Waals surface area contributed by atoms with Gasteiger partial charge in [0, 0.05) is 25.6 Å². The van der Waals surface area contributed by atoms with Gasteiger partial charge in [-0.05, 0) is 24.1 Å². The highest BCUT2D eigenvalue weighted by Gasteiger charge is 2.13. The molecule has 152 valence electrons. The Balaban J connectivity index is 0.00000280. The fourth-order valence-corrected chi connectivity index (χ4v) is 3.36. The number of hydrogen-bond donors (Lipinski definition) is 2. The van der Waals surface area contributed by atoms with Gasteiger partial charge in [-0.3, -0.25) is 9.89 Å². The van der Waals surface area contributed by atoms with E-state index in [4.69, 9.17) is 10.5 Å². The van der Waals surface area contributed by atoms with Crippen molar-refractivity contribution >= 4 is 29.9 Å². The molecule has 1 aliphatic heterocycles. The monoisotopic (exact) mass is 494 g/mol. The van der Waals surface area contributed by atoms with E-state index in [0.29, 0.717) is 12.5 Å². The maximum absolute atomic E-state index is 6.10. The summed E-state index contributed by atoms with van der Waals surface area (Å²) < 4.78 is 5.38. The standard InChI is InChI=1S/C22H30N4O.HI/c23-22(24-12-7-13-26-14-16-27-17-15-26)25-18-21(19-8-3-1-4-9-19)20-10-5-2-6-11-20;/h1-6,8-11,21H,7,12-18H2,(H3,23,24,25);1H. The smallest absolute Gasteiger partial charge is 0.188 e. The van der Waals surface area contributed by atoms with Gasteiger partial charge in [0.2, 0.25) is 0 Å². The number of nitrogens with two attached hydrogens (primary N) is 1. The molecular weight excluding hydrogens is 463 g/mol. The van der Waals surface area contributed by atoms with E-state index in [9.17, 15) is 0 Å². The van der Waals surface area contributed by atoms with E-state index in [1.807, 2.05) is 12.1 Å². The maximum atomic E-state index is 6.10. The largest absolute Gasteiger partial charge is 0.379 e. The van der Waals surface area contributed by atoms with Gasteiger partial charge in [0.1, 0.15) is 0 Å². The molecule has 1 aliphatic rings. The molecule has 1 fully saturated rings. The molecule has 2 aromatic rings. The molecule has 3 N–H and O–H groups in total. The third-order valence-electron chi connectivity index (χ3n) is 4.91. The van der Waals surface area contributed by atoms with Crippen LogP contribution >= 0.6 is 24.0 Å². The second-order valence-electron chi connectivity index (χ2n) is 6.83. The van der Waals surface area contributed by atoms with Crippen molar-refractivity contribution in [3.05, 3.63) is 71.8 Å². The van der Waals surface area contributed by atoms with Gasteiger partial charge in [0.05, 0.1) is 19.8 Å². The molecule has 6 heteroatoms. The van der Waals surface area contributed by atoms with Gasteiger partial charge in [0.25, 0.3) is 0 Å². The van der Waals surface area contributed by atoms with Gasteiger partial charge in [0.15, 0.2) is 5.96 Å². The van der Waals surface area contributed by atoms with Crippen LogP contribution in [0, 0.1) is 0 Å². The van der Waals surface area contributed by atoms with Crippen molar-refractivity contribution in [3.8, 4) is 0 Å². The number of aliphatic imine (C=N–C) groups is 1. The number of nitrogens with zero attached hydrogens (tertiary/aromatic N) is 2. The topological polar surface area (TPSA) is 62.9 Å². The van der Waals surface area contributed by atoms with E-state index in [1.165, 1.54) is 11.1 Å². The number of ether oxygens (including phenoxy) is 1. The van der Waals surface area contributed by atoms with Crippen LogP contribution in [0.25, 0.3) is 0 Å². The van der Waals surface area contributed by atoms with Crippen LogP contribution in [0.2, 0.25) is 0 Å². The number of halogens is 1. The lowest BCUT2D eigenvalue weighted by Crippen LogP contribution is -2.39. The Morgan fingerprint density at radius 1 is 1.00 bits per heavy atom. The van der Waals surface area contributed by atoms with Crippen molar-refractivity contribution in [2.24, 2.45) is 10.7 Å². The third-order valence-corrected chi connectivity index (χ3v) is 4.91. The van der Waals surface area contributed by atoms with Gasteiger partial charge >= 0.3 is 0 Å². The molecule has 0 bridgehead atoms. The summed E-state index contributed by atoms with van der Waals surface area (Å²) in [6.07, 6.45) is 1.05. The second-order valence-corrected chi connectivity index (χ2v) is 6.83. The summed E-state index contributed by atoms with van der Waals surface area (Å²) in [5, 5.41) is 3.25. The second kappa shape index (κ2) is 12.7. The van der Waals surface area contributed by atoms with Gasteiger partial charge < -0.3 is 15.8 Å². The first kappa shape index (κ1) is 22.6. The molecule has 0 atom stereocenters. The lowest BCUT2D eigenvalue weighted by molar-refractivity contribution is 0.0376. The van der Waals surface area contributed by atoms with Crippen LogP contribution < -0.4 is 11.1 Å². The zero-order valence-corrected chi connectivity index (χ0v) is 18.6. The quantitative estimate of drug-likeness (QED) is 0.256. The van der Waals surface area contributed by atoms with Gasteiger partial charge in [-0.1, -0.05) is 60.7 Å². The average Bonchev–Trinajstić information content (AvgIpc) is 2.74. The number of rotatable bonds is 8. The molecule has 28 heavy (non-hydrogen) atoms. The SMILES string of the molecule is I.NC(=NCC(c1ccccc1)c1ccccc1)NCCCN1CCOCC1. The molecule has 0 radical (unpaired) electrons. The van der Waals surface area contributed by atoms with Gasteiger partial charge in [-0.25, -0.2) is 0 Å². The number of benzene rings is 2. The van der Waals surface area contributed by atoms with Crippen molar-refractivity contribution in [1.82, 2.24) is 10.2 Å². The van der Waals surface area contributed by atoms with E-state index < -0.39 is 0 Å². The van der Waals surface area contributed by atoms with Crippen LogP contribution in [0.15, 0.2) is 65.7 Å². The number of morpholine rings is 1. The minimum atomic E-state index is 0. The third kappa shape index (κ3) is 7.41. The number of hydrogen-bond acceptors (Lipinski definition) is 3. The van der Waals surface area contributed by atoms with Crippen LogP contribution in [0.1, 0.15) is 23.5 Å². The zero-order valence-electron chi connectivity index (χ0n) is 16.3. The Morgan fingerprint density at radius 3 is 2.14 bits per heavy atom. The summed E-state index contributed by atoms with van der Waals surface area (Å²) in [6.45, 7) is 6.29. The van der Waals surface area contributed by atoms with Crippen LogP contribution in [0.4, 0.5) is 0 Å². The van der Waals surface area contributed by atoms with Gasteiger partial charge in [-0.15, -0.1) is 24.0 Å². The van der Waals surface area contributed by atoms with Crippen molar-refractivity contribution in [1.29, 1.82) is 0 Å². The fraction of sp³-hybridized carbons (Fsp3) is 0.409. The van der Waals surface area contributed by atoms with E-state index in [-0.39, 0.29) is 29.9 Å². The molecule has 0 aromatic heterocycles. The normalized spacial score (nSPS) is 15.2. The molecule has 0 aliphatic carbocycles. The maximum Gasteiger partial charge on any atom is 0.188 e. The van der Waals surface area contributed by atoms with E-state index >= 15 is 0 Å². The molecule has 5 nitrogen and oxygen atoms in total. The number of guanidine groups is 1. The van der Waals surface area contributed by atoms with Crippen molar-refractivity contribution in [2.45, 2.75) is 12.3 Å². The summed E-state index contributed by atoms with van der Waals surface area (Å²) in [6, 6.07) is 21.0. The zero-order chi connectivity index (χ0) is 18.7. The Labute approximate surface area is 185 Å². The highest BCUT2D eigenvalue weighted by Crippen LogP contribution is 2.24. The first-order valence-electron chi connectivity index (χ1n) is 9.77. The minimum absolute atomic E-state index is 0. The summed E-state index contributed by atoms with van der Waals surface area (Å²) in [4.78, 5) is 7.04. The van der Waals surface area contributed by atoms with Crippen LogP contribution in [-0.4, -0.2) is 56.8 Å². The molecule has 0 amide bonds. The predicted molar refractivity (Wildman–Crippen MR) is 127 cm³/mol. The summed E-state index contributed by atoms with van der Waals surface area (Å²) >= 11 is 0. The molecular formula is C22H31IN4O. The molecule has 1 heterocycles. The number of nitrogens with one attached hydrogen (secondary N) is 1. The van der Waals surface area contributed by atoms with Gasteiger partial charge in [-0.2, -0.15) is 0 Å². The van der Waals surface area contributed by atoms with E-state index in [0.717, 1.165) is 45.8 Å². The summed E-state index contributed by atoms with van der Waals surface area (Å²) in [7, 11) is 0. The van der Waals surface area contributed by atoms with Crippen molar-refractivity contribution in [2.75, 3.05) is 45.9 Å². The lowest BCUT2D eigenvalue weighted by atomic mass is 9.91. The van der Waals surface area contributed by atoms with Crippen LogP contribution in [0.3, 0.4) is 0 Å². The van der Waals surface area contributed by atoms with E-state index in [2.05, 4.69) is 63.7 Å². The Bertz CT molecular complexity index is 651. The van der Waals surface area contributed by atoms with Crippen molar-refractivity contribution < 1.29 is 4.74 Å². The first-order chi connectivity index (χ1) is 13.3. The van der Waals surface area contributed by atoms with Crippen LogP contribution in [-0.2, 0) is 4.74 Å². The molecule has 1 saturated heterocycles. The minimum Gasteiger partial charge on any atom is -0.379 e. The molecule has 0 unspecified atom stereocenters. The molecule has 0 spiro atoms. The molecule has 3 rings (SSSR count). The Morgan fingerprint density at radius 2 is 1.57 bits per heavy atom. The lowest BCUT2D eigenvalue weighted by Gasteiger charge is -2.26. The van der Waals surface area contributed by atoms with Crippen molar-refractivity contribution in [3.63, 3.8) is 0 Å². The highest BCUT2D eigenvalue weighted by atomic mass is 127. The van der Waals surface area contributed by atoms with Crippen LogP contribution in [0.5, 0.6) is 0 Å². The highest BCUT2D eigenvalue weighted by molar-refractivity contribution is 14.0. The molecule has 0 saturated carbocycles. The Kier molecular flexibility index (Phi) is 10.3. The summed E-state index contributed by atoms with van der Waals surface area (Å²) in [5.74, 6) is 0.731. The average molecular weight is 494 g/mol. The summed E-state index contributed by atoms with van der Waals surface area (Å²) in [5.41, 5.74) is 8.62.